The van der Waals surface area contributed by atoms with Crippen molar-refractivity contribution < 1.29 is 5.11 Å². The number of nitrogens with zero attached hydrogens (tertiary/aromatic N) is 4. The van der Waals surface area contributed by atoms with Crippen molar-refractivity contribution >= 4 is 5.95 Å². The third-order valence-corrected chi connectivity index (χ3v) is 5.46. The highest BCUT2D eigenvalue weighted by Gasteiger charge is 2.38. The zero-order valence-electron chi connectivity index (χ0n) is 14.9. The van der Waals surface area contributed by atoms with Gasteiger partial charge in [-0.15, -0.1) is 0 Å². The van der Waals surface area contributed by atoms with Gasteiger partial charge in [-0.2, -0.15) is 0 Å². The molecule has 0 aliphatic carbocycles. The molecule has 0 radical (unpaired) electrons. The van der Waals surface area contributed by atoms with Gasteiger partial charge in [0.2, 0.25) is 5.95 Å². The van der Waals surface area contributed by atoms with E-state index in [9.17, 15) is 5.11 Å². The van der Waals surface area contributed by atoms with Crippen LogP contribution < -0.4 is 4.90 Å². The Balaban J connectivity index is 1.41. The predicted molar refractivity (Wildman–Crippen MR) is 98.4 cm³/mol. The van der Waals surface area contributed by atoms with E-state index in [0.29, 0.717) is 6.54 Å². The third kappa shape index (κ3) is 3.39. The van der Waals surface area contributed by atoms with Crippen LogP contribution in [0.1, 0.15) is 36.0 Å². The summed E-state index contributed by atoms with van der Waals surface area (Å²) >= 11 is 0. The largest absolute Gasteiger partial charge is 0.384 e. The number of likely N-dealkylation sites (tertiary alicyclic amines) is 1. The number of aryl methyl sites for hydroxylation is 1. The maximum Gasteiger partial charge on any atom is 0.225 e. The zero-order chi connectivity index (χ0) is 17.3. The fraction of sp³-hybridized carbons (Fsp3) is 0.500. The van der Waals surface area contributed by atoms with Crippen LogP contribution in [-0.2, 0) is 12.1 Å². The zero-order valence-corrected chi connectivity index (χ0v) is 14.9. The van der Waals surface area contributed by atoms with E-state index in [0.717, 1.165) is 55.2 Å². The molecule has 5 heteroatoms. The van der Waals surface area contributed by atoms with E-state index in [1.165, 1.54) is 12.8 Å². The van der Waals surface area contributed by atoms with Crippen molar-refractivity contribution in [1.29, 1.82) is 0 Å². The quantitative estimate of drug-likeness (QED) is 0.928. The van der Waals surface area contributed by atoms with Gasteiger partial charge in [0.15, 0.2) is 0 Å². The normalized spacial score (nSPS) is 24.2. The molecule has 2 aliphatic rings. The molecule has 2 fully saturated rings. The molecule has 0 spiro atoms. The van der Waals surface area contributed by atoms with Gasteiger partial charge in [-0.05, 0) is 37.3 Å². The second-order valence-corrected chi connectivity index (χ2v) is 7.39. The summed E-state index contributed by atoms with van der Waals surface area (Å²) in [5.74, 6) is 0.846. The summed E-state index contributed by atoms with van der Waals surface area (Å²) < 4.78 is 0. The number of anilines is 1. The van der Waals surface area contributed by atoms with Gasteiger partial charge in [0.1, 0.15) is 5.60 Å². The summed E-state index contributed by atoms with van der Waals surface area (Å²) in [7, 11) is 0. The number of aliphatic hydroxyl groups is 1. The molecule has 25 heavy (non-hydrogen) atoms. The summed E-state index contributed by atoms with van der Waals surface area (Å²) in [6.45, 7) is 6.53. The Bertz CT molecular complexity index is 727. The molecular formula is C20H26N4O. The van der Waals surface area contributed by atoms with Crippen molar-refractivity contribution in [1.82, 2.24) is 14.9 Å². The maximum absolute atomic E-state index is 11.1. The van der Waals surface area contributed by atoms with E-state index in [2.05, 4.69) is 32.8 Å². The maximum atomic E-state index is 11.1. The van der Waals surface area contributed by atoms with Gasteiger partial charge in [0.25, 0.3) is 0 Å². The van der Waals surface area contributed by atoms with E-state index in [1.54, 1.807) is 0 Å². The lowest BCUT2D eigenvalue weighted by Crippen LogP contribution is -2.31. The highest BCUT2D eigenvalue weighted by atomic mass is 16.3. The van der Waals surface area contributed by atoms with E-state index in [-0.39, 0.29) is 0 Å². The van der Waals surface area contributed by atoms with Gasteiger partial charge in [-0.25, -0.2) is 9.97 Å². The molecule has 2 aliphatic heterocycles. The lowest BCUT2D eigenvalue weighted by Gasteiger charge is -2.25. The van der Waals surface area contributed by atoms with Crippen molar-refractivity contribution in [3.05, 3.63) is 53.3 Å². The van der Waals surface area contributed by atoms with Gasteiger partial charge in [-0.1, -0.05) is 24.3 Å². The number of aromatic nitrogens is 2. The van der Waals surface area contributed by atoms with Crippen LogP contribution in [0.3, 0.4) is 0 Å². The van der Waals surface area contributed by atoms with Crippen LogP contribution in [-0.4, -0.2) is 46.2 Å². The number of hydrogen-bond acceptors (Lipinski definition) is 5. The standard InChI is InChI=1S/C20H26N4O/c1-16-6-2-3-7-18(16)20(25)8-11-23(15-20)14-17-12-21-19(22-13-17)24-9-4-5-10-24/h2-3,6-7,12-13,25H,4-5,8-11,14-15H2,1H3. The Kier molecular flexibility index (Phi) is 4.44. The van der Waals surface area contributed by atoms with Gasteiger partial charge in [-0.3, -0.25) is 4.90 Å². The number of benzene rings is 1. The Hall–Kier alpha value is -1.98. The van der Waals surface area contributed by atoms with Crippen LogP contribution in [0, 0.1) is 6.92 Å². The Morgan fingerprint density at radius 3 is 2.52 bits per heavy atom. The second kappa shape index (κ2) is 6.73. The first-order valence-corrected chi connectivity index (χ1v) is 9.21. The lowest BCUT2D eigenvalue weighted by atomic mass is 9.89. The van der Waals surface area contributed by atoms with Crippen molar-refractivity contribution in [3.8, 4) is 0 Å². The van der Waals surface area contributed by atoms with E-state index in [4.69, 9.17) is 0 Å². The van der Waals surface area contributed by atoms with Crippen molar-refractivity contribution in [2.45, 2.75) is 38.3 Å². The molecule has 1 unspecified atom stereocenters. The van der Waals surface area contributed by atoms with Gasteiger partial charge in [0, 0.05) is 50.7 Å². The van der Waals surface area contributed by atoms with Crippen LogP contribution >= 0.6 is 0 Å². The third-order valence-electron chi connectivity index (χ3n) is 5.46. The van der Waals surface area contributed by atoms with Gasteiger partial charge >= 0.3 is 0 Å². The minimum Gasteiger partial charge on any atom is -0.384 e. The van der Waals surface area contributed by atoms with Crippen molar-refractivity contribution in [3.63, 3.8) is 0 Å². The smallest absolute Gasteiger partial charge is 0.225 e. The molecular weight excluding hydrogens is 312 g/mol. The summed E-state index contributed by atoms with van der Waals surface area (Å²) in [6, 6.07) is 8.15. The first-order valence-electron chi connectivity index (χ1n) is 9.21. The molecule has 132 valence electrons. The Morgan fingerprint density at radius 2 is 1.80 bits per heavy atom. The average molecular weight is 338 g/mol. The molecule has 1 aromatic heterocycles. The monoisotopic (exact) mass is 338 g/mol. The molecule has 1 aromatic carbocycles. The molecule has 0 amide bonds. The molecule has 0 saturated carbocycles. The highest BCUT2D eigenvalue weighted by molar-refractivity contribution is 5.33. The number of rotatable bonds is 4. The molecule has 5 nitrogen and oxygen atoms in total. The first-order chi connectivity index (χ1) is 12.1. The van der Waals surface area contributed by atoms with E-state index >= 15 is 0 Å². The molecule has 1 N–H and O–H groups in total. The molecule has 0 bridgehead atoms. The summed E-state index contributed by atoms with van der Waals surface area (Å²) in [6.07, 6.45) is 7.11. The molecule has 3 heterocycles. The Morgan fingerprint density at radius 1 is 1.08 bits per heavy atom. The molecule has 2 saturated heterocycles. The predicted octanol–water partition coefficient (Wildman–Crippen LogP) is 2.48. The number of hydrogen-bond donors (Lipinski definition) is 1. The minimum absolute atomic E-state index is 0.658. The molecule has 4 rings (SSSR count). The Labute approximate surface area is 149 Å². The first kappa shape index (κ1) is 16.5. The van der Waals surface area contributed by atoms with Crippen molar-refractivity contribution in [2.75, 3.05) is 31.1 Å². The van der Waals surface area contributed by atoms with Crippen LogP contribution in [0.15, 0.2) is 36.7 Å². The van der Waals surface area contributed by atoms with Gasteiger partial charge < -0.3 is 10.0 Å². The highest BCUT2D eigenvalue weighted by Crippen LogP contribution is 2.34. The van der Waals surface area contributed by atoms with Gasteiger partial charge in [0.05, 0.1) is 0 Å². The van der Waals surface area contributed by atoms with Crippen molar-refractivity contribution in [2.24, 2.45) is 0 Å². The van der Waals surface area contributed by atoms with Crippen LogP contribution in [0.25, 0.3) is 0 Å². The molecule has 2 aromatic rings. The fourth-order valence-corrected chi connectivity index (χ4v) is 4.09. The summed E-state index contributed by atoms with van der Waals surface area (Å²) in [5.41, 5.74) is 2.57. The molecule has 1 atom stereocenters. The summed E-state index contributed by atoms with van der Waals surface area (Å²) in [4.78, 5) is 13.6. The minimum atomic E-state index is -0.748. The fourth-order valence-electron chi connectivity index (χ4n) is 4.09. The summed E-state index contributed by atoms with van der Waals surface area (Å²) in [5, 5.41) is 11.1. The van der Waals surface area contributed by atoms with Crippen LogP contribution in [0.5, 0.6) is 0 Å². The van der Waals surface area contributed by atoms with E-state index < -0.39 is 5.60 Å². The van der Waals surface area contributed by atoms with Crippen LogP contribution in [0.4, 0.5) is 5.95 Å². The number of β-amino-alcohol motifs (C(OH)–C–C–N with tert-alkyl or cyclic N) is 1. The second-order valence-electron chi connectivity index (χ2n) is 7.39. The van der Waals surface area contributed by atoms with Crippen LogP contribution in [0.2, 0.25) is 0 Å². The average Bonchev–Trinajstić information content (AvgIpc) is 3.27. The SMILES string of the molecule is Cc1ccccc1C1(O)CCN(Cc2cnc(N3CCCC3)nc2)C1. The lowest BCUT2D eigenvalue weighted by molar-refractivity contribution is 0.0446. The topological polar surface area (TPSA) is 52.5 Å². The van der Waals surface area contributed by atoms with E-state index in [1.807, 2.05) is 30.6 Å².